The predicted octanol–water partition coefficient (Wildman–Crippen LogP) is 3.07. The topological polar surface area (TPSA) is 72.4 Å². The van der Waals surface area contributed by atoms with Crippen molar-refractivity contribution in [3.8, 4) is 0 Å². The summed E-state index contributed by atoms with van der Waals surface area (Å²) in [6.07, 6.45) is 1.83. The zero-order valence-electron chi connectivity index (χ0n) is 12.5. The summed E-state index contributed by atoms with van der Waals surface area (Å²) in [6.45, 7) is 6.60. The molecule has 3 heterocycles. The lowest BCUT2D eigenvalue weighted by Gasteiger charge is -2.20. The molecule has 112 valence electrons. The molecule has 0 aliphatic carbocycles. The maximum atomic E-state index is 12.6. The predicted molar refractivity (Wildman–Crippen MR) is 74.8 cm³/mol. The van der Waals surface area contributed by atoms with Crippen molar-refractivity contribution in [2.24, 2.45) is 0 Å². The largest absolute Gasteiger partial charge is 0.359 e. The molecule has 0 bridgehead atoms. The first-order chi connectivity index (χ1) is 10.1. The van der Waals surface area contributed by atoms with Crippen molar-refractivity contribution in [1.29, 1.82) is 0 Å². The smallest absolute Gasteiger partial charge is 0.293 e. The van der Waals surface area contributed by atoms with Gasteiger partial charge in [-0.1, -0.05) is 24.2 Å². The Morgan fingerprint density at radius 3 is 2.76 bits per heavy atom. The van der Waals surface area contributed by atoms with Crippen molar-refractivity contribution in [2.75, 3.05) is 6.54 Å². The third kappa shape index (κ3) is 2.57. The quantitative estimate of drug-likeness (QED) is 0.868. The van der Waals surface area contributed by atoms with Crippen molar-refractivity contribution in [3.63, 3.8) is 0 Å². The lowest BCUT2D eigenvalue weighted by molar-refractivity contribution is 0.0672. The molecule has 2 aromatic heterocycles. The van der Waals surface area contributed by atoms with Crippen LogP contribution in [0, 0.1) is 6.92 Å². The fourth-order valence-electron chi connectivity index (χ4n) is 2.65. The second kappa shape index (κ2) is 5.35. The van der Waals surface area contributed by atoms with E-state index in [4.69, 9.17) is 9.05 Å². The molecule has 21 heavy (non-hydrogen) atoms. The Morgan fingerprint density at radius 1 is 1.33 bits per heavy atom. The Morgan fingerprint density at radius 2 is 2.14 bits per heavy atom. The van der Waals surface area contributed by atoms with Crippen LogP contribution in [0.3, 0.4) is 0 Å². The highest BCUT2D eigenvalue weighted by Gasteiger charge is 2.34. The van der Waals surface area contributed by atoms with Gasteiger partial charge in [-0.05, 0) is 25.7 Å². The molecule has 1 aliphatic heterocycles. The maximum absolute atomic E-state index is 12.6. The molecule has 6 heteroatoms. The van der Waals surface area contributed by atoms with E-state index >= 15 is 0 Å². The van der Waals surface area contributed by atoms with Gasteiger partial charge in [0.2, 0.25) is 5.76 Å². The second-order valence-corrected chi connectivity index (χ2v) is 5.80. The molecule has 1 amide bonds. The van der Waals surface area contributed by atoms with E-state index in [0.717, 1.165) is 30.0 Å². The Labute approximate surface area is 123 Å². The lowest BCUT2D eigenvalue weighted by atomic mass is 10.1. The van der Waals surface area contributed by atoms with Crippen LogP contribution < -0.4 is 0 Å². The number of rotatable bonds is 3. The first-order valence-corrected chi connectivity index (χ1v) is 7.27. The van der Waals surface area contributed by atoms with E-state index in [9.17, 15) is 4.79 Å². The number of aromatic nitrogens is 2. The number of carbonyl (C=O) groups is 1. The number of aryl methyl sites for hydroxylation is 1. The molecule has 1 aliphatic rings. The highest BCUT2D eigenvalue weighted by Crippen LogP contribution is 2.33. The Balaban J connectivity index is 1.82. The average Bonchev–Trinajstić information content (AvgIpc) is 3.17. The third-order valence-corrected chi connectivity index (χ3v) is 3.82. The summed E-state index contributed by atoms with van der Waals surface area (Å²) in [6, 6.07) is 3.55. The maximum Gasteiger partial charge on any atom is 0.293 e. The molecule has 0 unspecified atom stereocenters. The molecule has 1 saturated heterocycles. The molecule has 0 saturated carbocycles. The molecule has 0 aromatic carbocycles. The Bertz CT molecular complexity index is 644. The van der Waals surface area contributed by atoms with E-state index in [0.29, 0.717) is 12.3 Å². The van der Waals surface area contributed by atoms with Gasteiger partial charge in [0.1, 0.15) is 0 Å². The van der Waals surface area contributed by atoms with Gasteiger partial charge in [0, 0.05) is 18.7 Å². The standard InChI is InChI=1S/C15H19N3O3/c1-9(2)11-8-14(21-17-11)15(19)18-6-4-5-12(18)13-7-10(3)16-20-13/h7-9,12H,4-6H2,1-3H3/t12-/m0/s1. The van der Waals surface area contributed by atoms with E-state index in [1.807, 2.05) is 26.8 Å². The van der Waals surface area contributed by atoms with Gasteiger partial charge in [0.15, 0.2) is 5.76 Å². The second-order valence-electron chi connectivity index (χ2n) is 5.80. The minimum absolute atomic E-state index is 0.0636. The van der Waals surface area contributed by atoms with Crippen LogP contribution in [-0.2, 0) is 0 Å². The molecular weight excluding hydrogens is 270 g/mol. The van der Waals surface area contributed by atoms with Crippen molar-refractivity contribution < 1.29 is 13.8 Å². The number of hydrogen-bond donors (Lipinski definition) is 0. The molecule has 1 fully saturated rings. The van der Waals surface area contributed by atoms with Crippen LogP contribution in [0.15, 0.2) is 21.2 Å². The summed E-state index contributed by atoms with van der Waals surface area (Å²) in [4.78, 5) is 14.4. The van der Waals surface area contributed by atoms with E-state index in [-0.39, 0.29) is 17.9 Å². The summed E-state index contributed by atoms with van der Waals surface area (Å²) in [5, 5.41) is 7.86. The molecule has 6 nitrogen and oxygen atoms in total. The fraction of sp³-hybridized carbons (Fsp3) is 0.533. The van der Waals surface area contributed by atoms with Crippen LogP contribution in [0.2, 0.25) is 0 Å². The summed E-state index contributed by atoms with van der Waals surface area (Å²) in [5.74, 6) is 1.14. The van der Waals surface area contributed by atoms with Gasteiger partial charge in [0.05, 0.1) is 17.4 Å². The summed E-state index contributed by atoms with van der Waals surface area (Å²) < 4.78 is 10.5. The van der Waals surface area contributed by atoms with Gasteiger partial charge in [0.25, 0.3) is 5.91 Å². The average molecular weight is 289 g/mol. The van der Waals surface area contributed by atoms with Gasteiger partial charge < -0.3 is 13.9 Å². The van der Waals surface area contributed by atoms with E-state index in [1.165, 1.54) is 0 Å². The normalized spacial score (nSPS) is 18.7. The minimum Gasteiger partial charge on any atom is -0.359 e. The van der Waals surface area contributed by atoms with Gasteiger partial charge >= 0.3 is 0 Å². The van der Waals surface area contributed by atoms with Gasteiger partial charge in [-0.3, -0.25) is 4.79 Å². The molecular formula is C15H19N3O3. The Kier molecular flexibility index (Phi) is 3.53. The van der Waals surface area contributed by atoms with E-state index < -0.39 is 0 Å². The molecule has 0 N–H and O–H groups in total. The van der Waals surface area contributed by atoms with Crippen LogP contribution in [0.25, 0.3) is 0 Å². The number of nitrogens with zero attached hydrogens (tertiary/aromatic N) is 3. The van der Waals surface area contributed by atoms with Crippen molar-refractivity contribution >= 4 is 5.91 Å². The third-order valence-electron chi connectivity index (χ3n) is 3.82. The summed E-state index contributed by atoms with van der Waals surface area (Å²) >= 11 is 0. The number of carbonyl (C=O) groups excluding carboxylic acids is 1. The lowest BCUT2D eigenvalue weighted by Crippen LogP contribution is -2.30. The molecule has 0 spiro atoms. The zero-order valence-corrected chi connectivity index (χ0v) is 12.5. The highest BCUT2D eigenvalue weighted by atomic mass is 16.5. The number of amides is 1. The monoisotopic (exact) mass is 289 g/mol. The molecule has 1 atom stereocenters. The highest BCUT2D eigenvalue weighted by molar-refractivity contribution is 5.92. The van der Waals surface area contributed by atoms with Crippen LogP contribution in [0.1, 0.15) is 66.4 Å². The minimum atomic E-state index is -0.133. The van der Waals surface area contributed by atoms with Crippen molar-refractivity contribution in [2.45, 2.75) is 45.6 Å². The van der Waals surface area contributed by atoms with E-state index in [2.05, 4.69) is 10.3 Å². The van der Waals surface area contributed by atoms with Crippen LogP contribution in [0.5, 0.6) is 0 Å². The zero-order chi connectivity index (χ0) is 15.0. The number of hydrogen-bond acceptors (Lipinski definition) is 5. The molecule has 2 aromatic rings. The van der Waals surface area contributed by atoms with Gasteiger partial charge in [-0.25, -0.2) is 0 Å². The van der Waals surface area contributed by atoms with Crippen LogP contribution in [-0.4, -0.2) is 27.7 Å². The SMILES string of the molecule is Cc1cc([C@@H]2CCCN2C(=O)c2cc(C(C)C)no2)on1. The van der Waals surface area contributed by atoms with Gasteiger partial charge in [-0.2, -0.15) is 0 Å². The number of likely N-dealkylation sites (tertiary alicyclic amines) is 1. The van der Waals surface area contributed by atoms with E-state index in [1.54, 1.807) is 11.0 Å². The van der Waals surface area contributed by atoms with Crippen LogP contribution >= 0.6 is 0 Å². The first-order valence-electron chi connectivity index (χ1n) is 7.27. The van der Waals surface area contributed by atoms with Crippen LogP contribution in [0.4, 0.5) is 0 Å². The summed E-state index contributed by atoms with van der Waals surface area (Å²) in [5.41, 5.74) is 1.62. The Hall–Kier alpha value is -2.11. The first kappa shape index (κ1) is 13.9. The van der Waals surface area contributed by atoms with Gasteiger partial charge in [-0.15, -0.1) is 0 Å². The van der Waals surface area contributed by atoms with Crippen molar-refractivity contribution in [3.05, 3.63) is 35.0 Å². The van der Waals surface area contributed by atoms with Crippen molar-refractivity contribution in [1.82, 2.24) is 15.2 Å². The molecule has 0 radical (unpaired) electrons. The fourth-order valence-corrected chi connectivity index (χ4v) is 2.65. The molecule has 3 rings (SSSR count). The summed E-state index contributed by atoms with van der Waals surface area (Å²) in [7, 11) is 0.